The van der Waals surface area contributed by atoms with Gasteiger partial charge in [0, 0.05) is 13.1 Å². The van der Waals surface area contributed by atoms with E-state index in [0.717, 1.165) is 38.8 Å². The second-order valence-corrected chi connectivity index (χ2v) is 7.04. The van der Waals surface area contributed by atoms with Crippen molar-refractivity contribution in [3.8, 4) is 0 Å². The van der Waals surface area contributed by atoms with E-state index in [1.54, 1.807) is 0 Å². The van der Waals surface area contributed by atoms with Gasteiger partial charge in [-0.3, -0.25) is 4.79 Å². The third-order valence-electron chi connectivity index (χ3n) is 5.68. The van der Waals surface area contributed by atoms with Crippen LogP contribution in [0.2, 0.25) is 0 Å². The molecule has 1 amide bonds. The van der Waals surface area contributed by atoms with Gasteiger partial charge in [-0.2, -0.15) is 0 Å². The first-order chi connectivity index (χ1) is 8.95. The highest BCUT2D eigenvalue weighted by molar-refractivity contribution is 5.86. The number of nitrogens with two attached hydrogens (primary N) is 1. The summed E-state index contributed by atoms with van der Waals surface area (Å²) in [5.74, 6) is 0.815. The predicted molar refractivity (Wildman–Crippen MR) is 78.8 cm³/mol. The van der Waals surface area contributed by atoms with E-state index in [-0.39, 0.29) is 5.91 Å². The third-order valence-corrected chi connectivity index (χ3v) is 5.68. The molecule has 19 heavy (non-hydrogen) atoms. The van der Waals surface area contributed by atoms with Gasteiger partial charge in [0.2, 0.25) is 5.91 Å². The molecular weight excluding hydrogens is 236 g/mol. The van der Waals surface area contributed by atoms with Crippen LogP contribution < -0.4 is 5.73 Å². The van der Waals surface area contributed by atoms with Gasteiger partial charge >= 0.3 is 0 Å². The fourth-order valence-electron chi connectivity index (χ4n) is 4.04. The molecule has 3 heteroatoms. The number of carbonyl (C=O) groups is 1. The first-order valence-electron chi connectivity index (χ1n) is 8.03. The molecule has 0 aromatic rings. The molecule has 1 heterocycles. The molecule has 2 unspecified atom stereocenters. The first-order valence-corrected chi connectivity index (χ1v) is 8.03. The van der Waals surface area contributed by atoms with Gasteiger partial charge in [-0.1, -0.05) is 33.6 Å². The summed E-state index contributed by atoms with van der Waals surface area (Å²) in [5, 5.41) is 0. The van der Waals surface area contributed by atoms with Crippen LogP contribution in [-0.4, -0.2) is 29.4 Å². The van der Waals surface area contributed by atoms with Crippen molar-refractivity contribution < 1.29 is 4.79 Å². The van der Waals surface area contributed by atoms with Crippen LogP contribution in [0, 0.1) is 11.3 Å². The SMILES string of the molecule is CCC1(CC)CCN(C(=O)C2(N)CCCC(C)C2)C1. The lowest BCUT2D eigenvalue weighted by molar-refractivity contribution is -0.138. The minimum absolute atomic E-state index is 0.225. The minimum Gasteiger partial charge on any atom is -0.341 e. The van der Waals surface area contributed by atoms with Crippen LogP contribution in [0.15, 0.2) is 0 Å². The van der Waals surface area contributed by atoms with Crippen molar-refractivity contribution in [2.75, 3.05) is 13.1 Å². The minimum atomic E-state index is -0.574. The van der Waals surface area contributed by atoms with Crippen LogP contribution in [0.25, 0.3) is 0 Å². The second kappa shape index (κ2) is 5.43. The van der Waals surface area contributed by atoms with Crippen molar-refractivity contribution in [2.45, 2.75) is 71.3 Å². The average Bonchev–Trinajstić information content (AvgIpc) is 2.82. The molecule has 2 aliphatic rings. The predicted octanol–water partition coefficient (Wildman–Crippen LogP) is 2.93. The largest absolute Gasteiger partial charge is 0.341 e. The Balaban J connectivity index is 2.04. The average molecular weight is 266 g/mol. The summed E-state index contributed by atoms with van der Waals surface area (Å²) in [6.45, 7) is 8.55. The lowest BCUT2D eigenvalue weighted by Gasteiger charge is -2.38. The number of likely N-dealkylation sites (tertiary alicyclic amines) is 1. The molecule has 3 nitrogen and oxygen atoms in total. The lowest BCUT2D eigenvalue weighted by Crippen LogP contribution is -2.57. The fourth-order valence-corrected chi connectivity index (χ4v) is 4.04. The molecule has 2 fully saturated rings. The molecule has 1 saturated heterocycles. The zero-order chi connectivity index (χ0) is 14.1. The molecule has 1 aliphatic heterocycles. The highest BCUT2D eigenvalue weighted by Crippen LogP contribution is 2.39. The Hall–Kier alpha value is -0.570. The Morgan fingerprint density at radius 2 is 2.00 bits per heavy atom. The smallest absolute Gasteiger partial charge is 0.242 e. The van der Waals surface area contributed by atoms with Crippen molar-refractivity contribution in [3.63, 3.8) is 0 Å². The number of amides is 1. The number of hydrogen-bond donors (Lipinski definition) is 1. The third kappa shape index (κ3) is 2.81. The molecule has 0 spiro atoms. The maximum atomic E-state index is 12.8. The summed E-state index contributed by atoms with van der Waals surface area (Å²) in [6, 6.07) is 0. The van der Waals surface area contributed by atoms with Gasteiger partial charge in [-0.15, -0.1) is 0 Å². The summed E-state index contributed by atoms with van der Waals surface area (Å²) >= 11 is 0. The van der Waals surface area contributed by atoms with Gasteiger partial charge in [0.1, 0.15) is 0 Å². The molecule has 110 valence electrons. The molecule has 0 aromatic carbocycles. The molecule has 0 bridgehead atoms. The van der Waals surface area contributed by atoms with E-state index in [2.05, 4.69) is 25.7 Å². The summed E-state index contributed by atoms with van der Waals surface area (Å²) in [6.07, 6.45) is 7.55. The molecule has 1 aliphatic carbocycles. The van der Waals surface area contributed by atoms with Crippen LogP contribution in [0.1, 0.15) is 65.7 Å². The molecule has 0 radical (unpaired) electrons. The van der Waals surface area contributed by atoms with Gasteiger partial charge in [0.25, 0.3) is 0 Å². The summed E-state index contributed by atoms with van der Waals surface area (Å²) in [7, 11) is 0. The fraction of sp³-hybridized carbons (Fsp3) is 0.938. The lowest BCUT2D eigenvalue weighted by atomic mass is 9.76. The van der Waals surface area contributed by atoms with Crippen LogP contribution in [-0.2, 0) is 4.79 Å². The van der Waals surface area contributed by atoms with E-state index in [1.165, 1.54) is 19.3 Å². The topological polar surface area (TPSA) is 46.3 Å². The molecule has 2 rings (SSSR count). The van der Waals surface area contributed by atoms with Gasteiger partial charge in [0.05, 0.1) is 5.54 Å². The Morgan fingerprint density at radius 3 is 2.53 bits per heavy atom. The van der Waals surface area contributed by atoms with E-state index in [9.17, 15) is 4.79 Å². The Bertz CT molecular complexity index is 338. The number of carbonyl (C=O) groups excluding carboxylic acids is 1. The molecular formula is C16H30N2O. The van der Waals surface area contributed by atoms with Crippen molar-refractivity contribution in [2.24, 2.45) is 17.1 Å². The van der Waals surface area contributed by atoms with Crippen molar-refractivity contribution in [3.05, 3.63) is 0 Å². The highest BCUT2D eigenvalue weighted by atomic mass is 16.2. The molecule has 1 saturated carbocycles. The Kier molecular flexibility index (Phi) is 4.24. The Morgan fingerprint density at radius 1 is 1.32 bits per heavy atom. The van der Waals surface area contributed by atoms with Crippen LogP contribution in [0.5, 0.6) is 0 Å². The summed E-state index contributed by atoms with van der Waals surface area (Å²) in [4.78, 5) is 14.8. The van der Waals surface area contributed by atoms with Crippen molar-refractivity contribution in [1.29, 1.82) is 0 Å². The maximum Gasteiger partial charge on any atom is 0.242 e. The number of rotatable bonds is 3. The number of hydrogen-bond acceptors (Lipinski definition) is 2. The van der Waals surface area contributed by atoms with Crippen molar-refractivity contribution >= 4 is 5.91 Å². The number of nitrogens with zero attached hydrogens (tertiary/aromatic N) is 1. The molecule has 0 aromatic heterocycles. The molecule has 2 N–H and O–H groups in total. The highest BCUT2D eigenvalue weighted by Gasteiger charge is 2.45. The zero-order valence-corrected chi connectivity index (χ0v) is 12.9. The van der Waals surface area contributed by atoms with E-state index in [0.29, 0.717) is 11.3 Å². The second-order valence-electron chi connectivity index (χ2n) is 7.04. The summed E-state index contributed by atoms with van der Waals surface area (Å²) in [5.41, 5.74) is 6.23. The zero-order valence-electron chi connectivity index (χ0n) is 12.9. The Labute approximate surface area is 117 Å². The monoisotopic (exact) mass is 266 g/mol. The first kappa shape index (κ1) is 14.8. The van der Waals surface area contributed by atoms with E-state index in [1.807, 2.05) is 0 Å². The van der Waals surface area contributed by atoms with E-state index in [4.69, 9.17) is 5.73 Å². The summed E-state index contributed by atoms with van der Waals surface area (Å²) < 4.78 is 0. The van der Waals surface area contributed by atoms with Gasteiger partial charge < -0.3 is 10.6 Å². The van der Waals surface area contributed by atoms with E-state index >= 15 is 0 Å². The van der Waals surface area contributed by atoms with Crippen LogP contribution >= 0.6 is 0 Å². The van der Waals surface area contributed by atoms with E-state index < -0.39 is 5.54 Å². The van der Waals surface area contributed by atoms with Gasteiger partial charge in [-0.25, -0.2) is 0 Å². The standard InChI is InChI=1S/C16H30N2O/c1-4-15(5-2)9-10-18(12-15)14(19)16(17)8-6-7-13(3)11-16/h13H,4-12,17H2,1-3H3. The maximum absolute atomic E-state index is 12.8. The van der Waals surface area contributed by atoms with Crippen LogP contribution in [0.4, 0.5) is 0 Å². The van der Waals surface area contributed by atoms with Crippen molar-refractivity contribution in [1.82, 2.24) is 4.90 Å². The quantitative estimate of drug-likeness (QED) is 0.853. The van der Waals surface area contributed by atoms with Gasteiger partial charge in [0.15, 0.2) is 0 Å². The van der Waals surface area contributed by atoms with Crippen LogP contribution in [0.3, 0.4) is 0 Å². The molecule has 2 atom stereocenters. The van der Waals surface area contributed by atoms with Gasteiger partial charge in [-0.05, 0) is 43.4 Å². The normalized spacial score (nSPS) is 34.5.